The van der Waals surface area contributed by atoms with Crippen molar-refractivity contribution in [2.24, 2.45) is 5.92 Å². The molecule has 8 heteroatoms. The van der Waals surface area contributed by atoms with Gasteiger partial charge in [-0.25, -0.2) is 8.42 Å². The van der Waals surface area contributed by atoms with Crippen LogP contribution < -0.4 is 10.1 Å². The highest BCUT2D eigenvalue weighted by Gasteiger charge is 2.33. The third kappa shape index (κ3) is 6.46. The van der Waals surface area contributed by atoms with Gasteiger partial charge in [-0.05, 0) is 64.3 Å². The molecule has 1 aromatic rings. The Bertz CT molecular complexity index is 719. The van der Waals surface area contributed by atoms with Gasteiger partial charge in [0.2, 0.25) is 15.9 Å². The summed E-state index contributed by atoms with van der Waals surface area (Å²) >= 11 is 0. The number of amides is 1. The molecule has 0 spiro atoms. The van der Waals surface area contributed by atoms with Gasteiger partial charge in [-0.15, -0.1) is 0 Å². The lowest BCUT2D eigenvalue weighted by atomic mass is 9.99. The van der Waals surface area contributed by atoms with Gasteiger partial charge in [0, 0.05) is 26.2 Å². The average Bonchev–Trinajstić information content (AvgIpc) is 2.68. The van der Waals surface area contributed by atoms with Crippen molar-refractivity contribution in [1.29, 1.82) is 0 Å². The number of hydrogen-bond donors (Lipinski definition) is 1. The van der Waals surface area contributed by atoms with Crippen LogP contribution in [0.25, 0.3) is 0 Å². The maximum atomic E-state index is 12.9. The van der Waals surface area contributed by atoms with Gasteiger partial charge in [0.05, 0.1) is 23.5 Å². The number of piperidine rings is 1. The number of sulfonamides is 1. The summed E-state index contributed by atoms with van der Waals surface area (Å²) in [6, 6.07) is 6.42. The van der Waals surface area contributed by atoms with Crippen LogP contribution in [0.2, 0.25) is 0 Å². The van der Waals surface area contributed by atoms with Crippen LogP contribution >= 0.6 is 0 Å². The van der Waals surface area contributed by atoms with Crippen molar-refractivity contribution >= 4 is 15.9 Å². The molecule has 0 aromatic heterocycles. The Hall–Kier alpha value is -1.64. The topological polar surface area (TPSA) is 84.9 Å². The van der Waals surface area contributed by atoms with E-state index in [-0.39, 0.29) is 29.4 Å². The van der Waals surface area contributed by atoms with Crippen molar-refractivity contribution < 1.29 is 22.7 Å². The van der Waals surface area contributed by atoms with Gasteiger partial charge in [0.1, 0.15) is 5.75 Å². The monoisotopic (exact) mass is 412 g/mol. The van der Waals surface area contributed by atoms with Gasteiger partial charge in [-0.1, -0.05) is 0 Å². The first kappa shape index (κ1) is 22.6. The molecule has 1 saturated heterocycles. The molecule has 0 radical (unpaired) electrons. The van der Waals surface area contributed by atoms with E-state index >= 15 is 0 Å². The second-order valence-electron chi connectivity index (χ2n) is 7.17. The summed E-state index contributed by atoms with van der Waals surface area (Å²) in [4.78, 5) is 12.7. The van der Waals surface area contributed by atoms with Crippen molar-refractivity contribution in [3.8, 4) is 5.75 Å². The van der Waals surface area contributed by atoms with Crippen molar-refractivity contribution in [2.45, 2.75) is 51.0 Å². The third-order valence-corrected chi connectivity index (χ3v) is 6.48. The van der Waals surface area contributed by atoms with Crippen molar-refractivity contribution in [1.82, 2.24) is 9.62 Å². The Morgan fingerprint density at radius 2 is 2.00 bits per heavy atom. The molecule has 28 heavy (non-hydrogen) atoms. The Morgan fingerprint density at radius 1 is 1.29 bits per heavy atom. The minimum absolute atomic E-state index is 0.0869. The zero-order chi connectivity index (χ0) is 20.6. The third-order valence-electron chi connectivity index (χ3n) is 4.60. The summed E-state index contributed by atoms with van der Waals surface area (Å²) in [5.74, 6) is 0.229. The number of nitrogens with zero attached hydrogens (tertiary/aromatic N) is 1. The van der Waals surface area contributed by atoms with Gasteiger partial charge in [-0.3, -0.25) is 4.79 Å². The molecule has 1 atom stereocenters. The van der Waals surface area contributed by atoms with Gasteiger partial charge in [0.15, 0.2) is 0 Å². The van der Waals surface area contributed by atoms with Crippen LogP contribution in [0.3, 0.4) is 0 Å². The van der Waals surface area contributed by atoms with Crippen LogP contribution in [0.1, 0.15) is 40.0 Å². The number of hydrogen-bond acceptors (Lipinski definition) is 5. The predicted molar refractivity (Wildman–Crippen MR) is 108 cm³/mol. The smallest absolute Gasteiger partial charge is 0.243 e. The van der Waals surface area contributed by atoms with Crippen molar-refractivity contribution in [2.75, 3.05) is 32.8 Å². The zero-order valence-corrected chi connectivity index (χ0v) is 17.8. The zero-order valence-electron chi connectivity index (χ0n) is 17.0. The normalized spacial score (nSPS) is 18.2. The molecule has 1 heterocycles. The van der Waals surface area contributed by atoms with E-state index < -0.39 is 10.0 Å². The maximum absolute atomic E-state index is 12.9. The molecule has 2 rings (SSSR count). The summed E-state index contributed by atoms with van der Waals surface area (Å²) in [6.07, 6.45) is 2.29. The van der Waals surface area contributed by atoms with Gasteiger partial charge in [-0.2, -0.15) is 4.31 Å². The van der Waals surface area contributed by atoms with E-state index in [0.717, 1.165) is 6.42 Å². The molecule has 0 bridgehead atoms. The van der Waals surface area contributed by atoms with Gasteiger partial charge < -0.3 is 14.8 Å². The largest absolute Gasteiger partial charge is 0.494 e. The van der Waals surface area contributed by atoms with E-state index in [2.05, 4.69) is 5.32 Å². The first-order valence-corrected chi connectivity index (χ1v) is 11.4. The highest BCUT2D eigenvalue weighted by molar-refractivity contribution is 7.89. The molecule has 158 valence electrons. The standard InChI is InChI=1S/C20H32N2O5S/c1-4-26-18-8-10-19(11-9-18)28(24,25)22-13-5-7-17(15-22)20(23)21-12-6-14-27-16(2)3/h8-11,16-17H,4-7,12-15H2,1-3H3,(H,21,23)/t17-/m0/s1. The Balaban J connectivity index is 1.91. The van der Waals surface area contributed by atoms with Crippen molar-refractivity contribution in [3.05, 3.63) is 24.3 Å². The SMILES string of the molecule is CCOc1ccc(S(=O)(=O)N2CCC[C@H](C(=O)NCCCOC(C)C)C2)cc1. The lowest BCUT2D eigenvalue weighted by Crippen LogP contribution is -2.45. The lowest BCUT2D eigenvalue weighted by Gasteiger charge is -2.31. The highest BCUT2D eigenvalue weighted by Crippen LogP contribution is 2.25. The van der Waals surface area contributed by atoms with E-state index in [1.165, 1.54) is 4.31 Å². The van der Waals surface area contributed by atoms with Crippen LogP contribution in [0, 0.1) is 5.92 Å². The second-order valence-corrected chi connectivity index (χ2v) is 9.11. The minimum atomic E-state index is -3.62. The quantitative estimate of drug-likeness (QED) is 0.597. The molecule has 1 amide bonds. The molecule has 0 unspecified atom stereocenters. The molecule has 1 fully saturated rings. The number of benzene rings is 1. The summed E-state index contributed by atoms with van der Waals surface area (Å²) in [5, 5.41) is 2.90. The van der Waals surface area contributed by atoms with E-state index in [4.69, 9.17) is 9.47 Å². The molecule has 0 saturated carbocycles. The summed E-state index contributed by atoms with van der Waals surface area (Å²) < 4.78 is 38.1. The fraction of sp³-hybridized carbons (Fsp3) is 0.650. The summed E-state index contributed by atoms with van der Waals surface area (Å²) in [7, 11) is -3.62. The molecule has 7 nitrogen and oxygen atoms in total. The van der Waals surface area contributed by atoms with Crippen molar-refractivity contribution in [3.63, 3.8) is 0 Å². The molecule has 0 aliphatic carbocycles. The molecule has 1 aromatic carbocycles. The first-order chi connectivity index (χ1) is 13.3. The fourth-order valence-corrected chi connectivity index (χ4v) is 4.67. The Kier molecular flexibility index (Phi) is 8.72. The Morgan fingerprint density at radius 3 is 2.64 bits per heavy atom. The second kappa shape index (κ2) is 10.8. The maximum Gasteiger partial charge on any atom is 0.243 e. The van der Waals surface area contributed by atoms with Crippen LogP contribution in [0.5, 0.6) is 5.75 Å². The minimum Gasteiger partial charge on any atom is -0.494 e. The number of nitrogens with one attached hydrogen (secondary N) is 1. The fourth-order valence-electron chi connectivity index (χ4n) is 3.15. The molecule has 1 N–H and O–H groups in total. The van der Waals surface area contributed by atoms with Crippen LogP contribution in [0.4, 0.5) is 0 Å². The number of carbonyl (C=O) groups is 1. The first-order valence-electron chi connectivity index (χ1n) is 9.97. The molecule has 1 aliphatic rings. The van der Waals surface area contributed by atoms with Crippen LogP contribution in [-0.4, -0.2) is 57.6 Å². The van der Waals surface area contributed by atoms with E-state index in [1.54, 1.807) is 24.3 Å². The predicted octanol–water partition coefficient (Wildman–Crippen LogP) is 2.42. The number of rotatable bonds is 10. The molecular formula is C20H32N2O5S. The van der Waals surface area contributed by atoms with Crippen LogP contribution in [0.15, 0.2) is 29.2 Å². The van der Waals surface area contributed by atoms with Gasteiger partial charge in [0.25, 0.3) is 0 Å². The summed E-state index contributed by atoms with van der Waals surface area (Å²) in [5.41, 5.74) is 0. The van der Waals surface area contributed by atoms with E-state index in [9.17, 15) is 13.2 Å². The molecular weight excluding hydrogens is 380 g/mol. The number of ether oxygens (including phenoxy) is 2. The highest BCUT2D eigenvalue weighted by atomic mass is 32.2. The Labute approximate surface area is 168 Å². The van der Waals surface area contributed by atoms with E-state index in [0.29, 0.717) is 44.9 Å². The van der Waals surface area contributed by atoms with Gasteiger partial charge >= 0.3 is 0 Å². The van der Waals surface area contributed by atoms with E-state index in [1.807, 2.05) is 20.8 Å². The molecule has 1 aliphatic heterocycles. The average molecular weight is 413 g/mol. The summed E-state index contributed by atoms with van der Waals surface area (Å²) in [6.45, 7) is 8.12. The lowest BCUT2D eigenvalue weighted by molar-refractivity contribution is -0.126. The number of carbonyl (C=O) groups excluding carboxylic acids is 1. The van der Waals surface area contributed by atoms with Crippen LogP contribution in [-0.2, 0) is 19.6 Å².